The van der Waals surface area contributed by atoms with Crippen LogP contribution in [0.4, 0.5) is 5.69 Å². The van der Waals surface area contributed by atoms with E-state index in [4.69, 9.17) is 0 Å². The van der Waals surface area contributed by atoms with Crippen LogP contribution in [0.25, 0.3) is 11.1 Å². The number of anilines is 1. The first-order valence-electron chi connectivity index (χ1n) is 6.54. The summed E-state index contributed by atoms with van der Waals surface area (Å²) in [6, 6.07) is 8.94. The predicted molar refractivity (Wildman–Crippen MR) is 79.8 cm³/mol. The summed E-state index contributed by atoms with van der Waals surface area (Å²) in [7, 11) is 0. The van der Waals surface area contributed by atoms with E-state index in [1.807, 2.05) is 19.9 Å². The van der Waals surface area contributed by atoms with Gasteiger partial charge in [-0.1, -0.05) is 18.2 Å². The first-order chi connectivity index (χ1) is 9.99. The second-order valence-corrected chi connectivity index (χ2v) is 5.07. The maximum atomic E-state index is 12.2. The van der Waals surface area contributed by atoms with Gasteiger partial charge in [0.1, 0.15) is 0 Å². The number of fused-ring (bicyclic) bond motifs is 1. The molecule has 3 N–H and O–H groups in total. The third kappa shape index (κ3) is 2.03. The largest absolute Gasteiger partial charge is 0.478 e. The van der Waals surface area contributed by atoms with E-state index >= 15 is 0 Å². The third-order valence-corrected chi connectivity index (χ3v) is 3.54. The molecule has 106 valence electrons. The number of rotatable bonds is 2. The summed E-state index contributed by atoms with van der Waals surface area (Å²) < 4.78 is 0. The van der Waals surface area contributed by atoms with Crippen molar-refractivity contribution in [3.05, 3.63) is 52.8 Å². The van der Waals surface area contributed by atoms with Gasteiger partial charge < -0.3 is 15.4 Å². The van der Waals surface area contributed by atoms with Crippen molar-refractivity contribution < 1.29 is 14.7 Å². The zero-order chi connectivity index (χ0) is 15.1. The Labute approximate surface area is 121 Å². The molecule has 1 amide bonds. The summed E-state index contributed by atoms with van der Waals surface area (Å²) in [5.41, 5.74) is 3.58. The van der Waals surface area contributed by atoms with Gasteiger partial charge in [-0.2, -0.15) is 0 Å². The number of carbonyl (C=O) groups is 2. The van der Waals surface area contributed by atoms with Gasteiger partial charge in [-0.05, 0) is 31.5 Å². The van der Waals surface area contributed by atoms with Crippen LogP contribution in [-0.2, 0) is 9.59 Å². The molecule has 0 aliphatic carbocycles. The number of para-hydroxylation sites is 1. The minimum Gasteiger partial charge on any atom is -0.478 e. The number of hydrogen-bond donors (Lipinski definition) is 3. The molecule has 21 heavy (non-hydrogen) atoms. The van der Waals surface area contributed by atoms with Crippen molar-refractivity contribution in [1.82, 2.24) is 4.98 Å². The first kappa shape index (κ1) is 13.2. The molecule has 0 unspecified atom stereocenters. The highest BCUT2D eigenvalue weighted by atomic mass is 16.4. The van der Waals surface area contributed by atoms with Crippen LogP contribution >= 0.6 is 0 Å². The molecule has 5 heteroatoms. The molecule has 2 aromatic rings. The molecular formula is C16H14N2O3. The second kappa shape index (κ2) is 4.63. The Morgan fingerprint density at radius 1 is 1.19 bits per heavy atom. The highest BCUT2D eigenvalue weighted by Gasteiger charge is 2.31. The van der Waals surface area contributed by atoms with Gasteiger partial charge >= 0.3 is 5.97 Å². The van der Waals surface area contributed by atoms with Crippen LogP contribution in [0.5, 0.6) is 0 Å². The van der Waals surface area contributed by atoms with Crippen molar-refractivity contribution in [3.8, 4) is 0 Å². The van der Waals surface area contributed by atoms with Crippen molar-refractivity contribution in [2.75, 3.05) is 5.32 Å². The zero-order valence-corrected chi connectivity index (χ0v) is 11.7. The van der Waals surface area contributed by atoms with Gasteiger partial charge in [-0.3, -0.25) is 4.79 Å². The maximum absolute atomic E-state index is 12.2. The first-order valence-corrected chi connectivity index (χ1v) is 6.54. The number of carbonyl (C=O) groups excluding carboxylic acids is 1. The molecule has 1 aliphatic rings. The highest BCUT2D eigenvalue weighted by molar-refractivity contribution is 6.44. The summed E-state index contributed by atoms with van der Waals surface area (Å²) in [5, 5.41) is 12.3. The zero-order valence-electron chi connectivity index (χ0n) is 11.7. The van der Waals surface area contributed by atoms with Gasteiger partial charge in [0.15, 0.2) is 0 Å². The molecule has 0 atom stereocenters. The quantitative estimate of drug-likeness (QED) is 0.740. The van der Waals surface area contributed by atoms with E-state index in [0.717, 1.165) is 11.3 Å². The van der Waals surface area contributed by atoms with Gasteiger partial charge in [-0.25, -0.2) is 4.79 Å². The maximum Gasteiger partial charge on any atom is 0.338 e. The number of benzene rings is 1. The minimum atomic E-state index is -1.12. The number of amides is 1. The molecule has 1 aromatic carbocycles. The van der Waals surface area contributed by atoms with Crippen molar-refractivity contribution in [2.45, 2.75) is 13.8 Å². The van der Waals surface area contributed by atoms with Crippen LogP contribution in [0.3, 0.4) is 0 Å². The summed E-state index contributed by atoms with van der Waals surface area (Å²) in [4.78, 5) is 27.0. The van der Waals surface area contributed by atoms with E-state index in [-0.39, 0.29) is 17.1 Å². The number of carboxylic acid groups (broad SMARTS) is 1. The van der Waals surface area contributed by atoms with Crippen LogP contribution in [0.2, 0.25) is 0 Å². The molecule has 5 nitrogen and oxygen atoms in total. The molecule has 0 bridgehead atoms. The Balaban J connectivity index is 2.33. The number of carboxylic acids is 1. The summed E-state index contributed by atoms with van der Waals surface area (Å²) >= 11 is 0. The lowest BCUT2D eigenvalue weighted by Crippen LogP contribution is -2.11. The fraction of sp³-hybridized carbons (Fsp3) is 0.125. The van der Waals surface area contributed by atoms with E-state index in [2.05, 4.69) is 10.3 Å². The van der Waals surface area contributed by atoms with Crippen molar-refractivity contribution in [1.29, 1.82) is 0 Å². The standard InChI is InChI=1S/C16H14N2O3/c1-8-7-9(2)17-14(8)13(16(20)21)12-10-5-3-4-6-11(10)18-15(12)19/h3-7,17H,1-2H3,(H,18,19)(H,20,21)/b13-12+. The number of aromatic amines is 1. The van der Waals surface area contributed by atoms with Crippen LogP contribution in [0, 0.1) is 13.8 Å². The Morgan fingerprint density at radius 3 is 2.52 bits per heavy atom. The third-order valence-electron chi connectivity index (χ3n) is 3.54. The lowest BCUT2D eigenvalue weighted by Gasteiger charge is -2.06. The van der Waals surface area contributed by atoms with Gasteiger partial charge in [0.05, 0.1) is 16.8 Å². The fourth-order valence-electron chi connectivity index (χ4n) is 2.69. The fourth-order valence-corrected chi connectivity index (χ4v) is 2.69. The predicted octanol–water partition coefficient (Wildman–Crippen LogP) is 2.58. The van der Waals surface area contributed by atoms with Crippen LogP contribution in [0.15, 0.2) is 30.3 Å². The normalized spacial score (nSPS) is 15.6. The molecule has 2 heterocycles. The van der Waals surface area contributed by atoms with Crippen LogP contribution in [-0.4, -0.2) is 22.0 Å². The van der Waals surface area contributed by atoms with Crippen molar-refractivity contribution in [3.63, 3.8) is 0 Å². The summed E-state index contributed by atoms with van der Waals surface area (Å²) in [6.45, 7) is 3.67. The number of aliphatic carboxylic acids is 1. The molecule has 0 fully saturated rings. The molecule has 1 aromatic heterocycles. The van der Waals surface area contributed by atoms with Crippen LogP contribution < -0.4 is 5.32 Å². The van der Waals surface area contributed by atoms with Gasteiger partial charge in [-0.15, -0.1) is 0 Å². The lowest BCUT2D eigenvalue weighted by atomic mass is 9.97. The van der Waals surface area contributed by atoms with Crippen molar-refractivity contribution in [2.24, 2.45) is 0 Å². The molecule has 1 aliphatic heterocycles. The molecule has 0 spiro atoms. The number of aromatic nitrogens is 1. The van der Waals surface area contributed by atoms with Crippen molar-refractivity contribution >= 4 is 28.7 Å². The van der Waals surface area contributed by atoms with E-state index in [1.54, 1.807) is 24.3 Å². The number of nitrogens with one attached hydrogen (secondary N) is 2. The van der Waals surface area contributed by atoms with E-state index in [0.29, 0.717) is 16.9 Å². The highest BCUT2D eigenvalue weighted by Crippen LogP contribution is 2.37. The van der Waals surface area contributed by atoms with E-state index < -0.39 is 5.97 Å². The Hall–Kier alpha value is -2.82. The molecule has 3 rings (SSSR count). The lowest BCUT2D eigenvalue weighted by molar-refractivity contribution is -0.130. The summed E-state index contributed by atoms with van der Waals surface area (Å²) in [5.74, 6) is -1.51. The van der Waals surface area contributed by atoms with Gasteiger partial charge in [0, 0.05) is 16.9 Å². The molecule has 0 saturated heterocycles. The molecular weight excluding hydrogens is 268 g/mol. The molecule has 0 saturated carbocycles. The van der Waals surface area contributed by atoms with Crippen LogP contribution in [0.1, 0.15) is 22.5 Å². The van der Waals surface area contributed by atoms with Gasteiger partial charge in [0.25, 0.3) is 5.91 Å². The average molecular weight is 282 g/mol. The Bertz CT molecular complexity index is 800. The number of aryl methyl sites for hydroxylation is 2. The Morgan fingerprint density at radius 2 is 1.90 bits per heavy atom. The smallest absolute Gasteiger partial charge is 0.338 e. The monoisotopic (exact) mass is 282 g/mol. The van der Waals surface area contributed by atoms with E-state index in [1.165, 1.54) is 0 Å². The Kier molecular flexibility index (Phi) is 2.90. The number of H-pyrrole nitrogens is 1. The number of hydrogen-bond acceptors (Lipinski definition) is 2. The molecule has 0 radical (unpaired) electrons. The average Bonchev–Trinajstić information content (AvgIpc) is 2.91. The SMILES string of the molecule is Cc1cc(C)c(/C(C(=O)O)=C2\C(=O)Nc3ccccc32)[nH]1. The van der Waals surface area contributed by atoms with Gasteiger partial charge in [0.2, 0.25) is 0 Å². The summed E-state index contributed by atoms with van der Waals surface area (Å²) in [6.07, 6.45) is 0. The topological polar surface area (TPSA) is 82.2 Å². The second-order valence-electron chi connectivity index (χ2n) is 5.07. The van der Waals surface area contributed by atoms with E-state index in [9.17, 15) is 14.7 Å². The minimum absolute atomic E-state index is 0.00282.